The molecular weight excluding hydrogens is 410 g/mol. The largest absolute Gasteiger partial charge is 0.497 e. The lowest BCUT2D eigenvalue weighted by molar-refractivity contribution is 0.391. The van der Waals surface area contributed by atoms with Crippen LogP contribution < -0.4 is 4.74 Å². The van der Waals surface area contributed by atoms with Crippen molar-refractivity contribution in [3.63, 3.8) is 0 Å². The highest BCUT2D eigenvalue weighted by Crippen LogP contribution is 2.29. The molecule has 1 aliphatic carbocycles. The molecule has 7 nitrogen and oxygen atoms in total. The number of methoxy groups -OCH3 is 1. The van der Waals surface area contributed by atoms with E-state index in [9.17, 15) is 0 Å². The van der Waals surface area contributed by atoms with E-state index in [0.29, 0.717) is 17.5 Å². The second-order valence-corrected chi connectivity index (χ2v) is 8.53. The minimum absolute atomic E-state index is 0.527. The lowest BCUT2D eigenvalue weighted by atomic mass is 9.90. The Morgan fingerprint density at radius 3 is 2.58 bits per heavy atom. The van der Waals surface area contributed by atoms with Crippen molar-refractivity contribution in [3.05, 3.63) is 59.5 Å². The van der Waals surface area contributed by atoms with Gasteiger partial charge in [0.1, 0.15) is 5.75 Å². The summed E-state index contributed by atoms with van der Waals surface area (Å²) in [6.45, 7) is 0. The van der Waals surface area contributed by atoms with Crippen LogP contribution in [-0.4, -0.2) is 32.0 Å². The van der Waals surface area contributed by atoms with Gasteiger partial charge >= 0.3 is 0 Å². The number of nitrogens with zero attached hydrogens (tertiary/aromatic N) is 5. The van der Waals surface area contributed by atoms with E-state index >= 15 is 0 Å². The van der Waals surface area contributed by atoms with Crippen molar-refractivity contribution in [1.82, 2.24) is 24.9 Å². The Bertz CT molecular complexity index is 1200. The molecule has 0 aliphatic heterocycles. The number of thioether (sulfide) groups is 1. The van der Waals surface area contributed by atoms with Crippen molar-refractivity contribution >= 4 is 11.8 Å². The molecule has 1 aliphatic rings. The highest BCUT2D eigenvalue weighted by atomic mass is 32.2. The quantitative estimate of drug-likeness (QED) is 0.407. The molecular formula is C23H23N5O2S. The summed E-state index contributed by atoms with van der Waals surface area (Å²) < 4.78 is 12.6. The maximum absolute atomic E-state index is 5.42. The van der Waals surface area contributed by atoms with Crippen molar-refractivity contribution in [3.8, 4) is 28.5 Å². The summed E-state index contributed by atoms with van der Waals surface area (Å²) in [5, 5.41) is 13.7. The highest BCUT2D eigenvalue weighted by molar-refractivity contribution is 7.98. The smallest absolute Gasteiger partial charge is 0.237 e. The van der Waals surface area contributed by atoms with Crippen LogP contribution in [0.25, 0.3) is 22.8 Å². The number of aromatic nitrogens is 5. The highest BCUT2D eigenvalue weighted by Gasteiger charge is 2.16. The summed E-state index contributed by atoms with van der Waals surface area (Å²) in [7, 11) is 3.63. The van der Waals surface area contributed by atoms with Crippen LogP contribution >= 0.6 is 11.8 Å². The van der Waals surface area contributed by atoms with E-state index in [-0.39, 0.29) is 0 Å². The first-order chi connectivity index (χ1) is 15.2. The molecule has 0 atom stereocenters. The number of rotatable bonds is 6. The van der Waals surface area contributed by atoms with Gasteiger partial charge in [0, 0.05) is 18.2 Å². The molecule has 0 fully saturated rings. The maximum atomic E-state index is 5.42. The molecule has 2 aromatic heterocycles. The van der Waals surface area contributed by atoms with Gasteiger partial charge in [0.2, 0.25) is 11.7 Å². The zero-order valence-electron chi connectivity index (χ0n) is 17.5. The first-order valence-corrected chi connectivity index (χ1v) is 11.3. The minimum atomic E-state index is 0.527. The van der Waals surface area contributed by atoms with E-state index in [4.69, 9.17) is 9.26 Å². The Morgan fingerprint density at radius 2 is 1.77 bits per heavy atom. The lowest BCUT2D eigenvalue weighted by Gasteiger charge is -2.16. The molecule has 0 saturated carbocycles. The number of ether oxygens (including phenoxy) is 1. The standard InChI is InChI=1S/C23H23N5O2S/c1-28-22(18-8-7-15-5-3-4-6-17(15)13-18)25-26-23(28)31-14-20-24-21(27-30-20)16-9-11-19(29-2)12-10-16/h7-13H,3-6,14H2,1-2H3. The topological polar surface area (TPSA) is 78.9 Å². The van der Waals surface area contributed by atoms with Crippen molar-refractivity contribution in [1.29, 1.82) is 0 Å². The average molecular weight is 434 g/mol. The van der Waals surface area contributed by atoms with Crippen LogP contribution in [0.3, 0.4) is 0 Å². The van der Waals surface area contributed by atoms with Crippen molar-refractivity contribution in [2.45, 2.75) is 36.6 Å². The van der Waals surface area contributed by atoms with Crippen LogP contribution in [0.1, 0.15) is 29.9 Å². The molecule has 5 rings (SSSR count). The number of hydrogen-bond acceptors (Lipinski definition) is 7. The molecule has 0 N–H and O–H groups in total. The fourth-order valence-corrected chi connectivity index (χ4v) is 4.61. The zero-order valence-corrected chi connectivity index (χ0v) is 18.4. The summed E-state index contributed by atoms with van der Waals surface area (Å²) in [5.74, 6) is 3.31. The molecule has 31 heavy (non-hydrogen) atoms. The van der Waals surface area contributed by atoms with Crippen LogP contribution in [0.2, 0.25) is 0 Å². The fourth-order valence-electron chi connectivity index (χ4n) is 3.86. The van der Waals surface area contributed by atoms with Gasteiger partial charge in [-0.15, -0.1) is 10.2 Å². The zero-order chi connectivity index (χ0) is 21.2. The lowest BCUT2D eigenvalue weighted by Crippen LogP contribution is -2.03. The maximum Gasteiger partial charge on any atom is 0.237 e. The van der Waals surface area contributed by atoms with Gasteiger partial charge in [0.25, 0.3) is 0 Å². The van der Waals surface area contributed by atoms with Crippen LogP contribution in [0.4, 0.5) is 0 Å². The second-order valence-electron chi connectivity index (χ2n) is 7.58. The third-order valence-electron chi connectivity index (χ3n) is 5.58. The monoisotopic (exact) mass is 433 g/mol. The number of fused-ring (bicyclic) bond motifs is 1. The van der Waals surface area contributed by atoms with Gasteiger partial charge in [-0.1, -0.05) is 29.1 Å². The van der Waals surface area contributed by atoms with Crippen LogP contribution in [0.5, 0.6) is 5.75 Å². The molecule has 0 unspecified atom stereocenters. The van der Waals surface area contributed by atoms with Crippen molar-refractivity contribution < 1.29 is 9.26 Å². The second kappa shape index (κ2) is 8.55. The molecule has 0 spiro atoms. The average Bonchev–Trinajstić information content (AvgIpc) is 3.44. The Morgan fingerprint density at radius 1 is 1.00 bits per heavy atom. The predicted octanol–water partition coefficient (Wildman–Crippen LogP) is 4.71. The predicted molar refractivity (Wildman–Crippen MR) is 119 cm³/mol. The van der Waals surface area contributed by atoms with E-state index in [2.05, 4.69) is 38.5 Å². The van der Waals surface area contributed by atoms with Gasteiger partial charge in [0.15, 0.2) is 11.0 Å². The molecule has 2 heterocycles. The molecule has 0 saturated heterocycles. The molecule has 8 heteroatoms. The van der Waals surface area contributed by atoms with Gasteiger partial charge in [-0.3, -0.25) is 0 Å². The normalized spacial score (nSPS) is 13.2. The third-order valence-corrected chi connectivity index (χ3v) is 6.59. The molecule has 0 radical (unpaired) electrons. The van der Waals surface area contributed by atoms with Gasteiger partial charge < -0.3 is 13.8 Å². The number of aryl methyl sites for hydroxylation is 2. The van der Waals surface area contributed by atoms with Gasteiger partial charge in [0.05, 0.1) is 12.9 Å². The van der Waals surface area contributed by atoms with Crippen molar-refractivity contribution in [2.24, 2.45) is 7.05 Å². The Hall–Kier alpha value is -3.13. The molecule has 2 aromatic carbocycles. The Kier molecular flexibility index (Phi) is 5.46. The minimum Gasteiger partial charge on any atom is -0.497 e. The summed E-state index contributed by atoms with van der Waals surface area (Å²) in [6.07, 6.45) is 4.88. The summed E-state index contributed by atoms with van der Waals surface area (Å²) in [6, 6.07) is 14.2. The van der Waals surface area contributed by atoms with Gasteiger partial charge in [-0.05, 0) is 67.1 Å². The van der Waals surface area contributed by atoms with Crippen LogP contribution in [-0.2, 0) is 25.6 Å². The number of benzene rings is 2. The summed E-state index contributed by atoms with van der Waals surface area (Å²) in [5.41, 5.74) is 4.91. The summed E-state index contributed by atoms with van der Waals surface area (Å²) in [4.78, 5) is 4.50. The van der Waals surface area contributed by atoms with E-state index in [1.165, 1.54) is 42.2 Å². The molecule has 0 bridgehead atoms. The van der Waals surface area contributed by atoms with E-state index < -0.39 is 0 Å². The van der Waals surface area contributed by atoms with Crippen LogP contribution in [0.15, 0.2) is 52.1 Å². The number of hydrogen-bond donors (Lipinski definition) is 0. The SMILES string of the molecule is COc1ccc(-c2noc(CSc3nnc(-c4ccc5c(c4)CCCC5)n3C)n2)cc1. The van der Waals surface area contributed by atoms with E-state index in [1.807, 2.05) is 35.9 Å². The summed E-state index contributed by atoms with van der Waals surface area (Å²) >= 11 is 1.53. The first kappa shape index (κ1) is 19.8. The molecule has 4 aromatic rings. The van der Waals surface area contributed by atoms with E-state index in [0.717, 1.165) is 34.3 Å². The van der Waals surface area contributed by atoms with E-state index in [1.54, 1.807) is 7.11 Å². The molecule has 158 valence electrons. The Balaban J connectivity index is 1.29. The Labute approximate surface area is 184 Å². The van der Waals surface area contributed by atoms with Gasteiger partial charge in [-0.25, -0.2) is 0 Å². The first-order valence-electron chi connectivity index (χ1n) is 10.3. The van der Waals surface area contributed by atoms with Crippen LogP contribution in [0, 0.1) is 0 Å². The van der Waals surface area contributed by atoms with Crippen molar-refractivity contribution in [2.75, 3.05) is 7.11 Å². The third kappa shape index (κ3) is 4.07. The fraction of sp³-hybridized carbons (Fsp3) is 0.304. The molecule has 0 amide bonds. The van der Waals surface area contributed by atoms with Gasteiger partial charge in [-0.2, -0.15) is 4.98 Å².